The van der Waals surface area contributed by atoms with Crippen molar-refractivity contribution < 1.29 is 0 Å². The Bertz CT molecular complexity index is 371. The zero-order valence-corrected chi connectivity index (χ0v) is 11.4. The predicted molar refractivity (Wildman–Crippen MR) is 73.5 cm³/mol. The SMILES string of the molecule is CCC1CCC(n2cncc2C2CCCN2)CC1. The van der Waals surface area contributed by atoms with E-state index >= 15 is 0 Å². The first-order valence-corrected chi connectivity index (χ1v) is 7.63. The summed E-state index contributed by atoms with van der Waals surface area (Å²) in [6.07, 6.45) is 13.6. The number of nitrogens with one attached hydrogen (secondary N) is 1. The summed E-state index contributed by atoms with van der Waals surface area (Å²) in [4.78, 5) is 4.40. The largest absolute Gasteiger partial charge is 0.330 e. The summed E-state index contributed by atoms with van der Waals surface area (Å²) in [6, 6.07) is 1.25. The summed E-state index contributed by atoms with van der Waals surface area (Å²) in [7, 11) is 0. The van der Waals surface area contributed by atoms with Crippen LogP contribution < -0.4 is 5.32 Å². The van der Waals surface area contributed by atoms with Crippen LogP contribution in [0.5, 0.6) is 0 Å². The summed E-state index contributed by atoms with van der Waals surface area (Å²) in [6.45, 7) is 3.49. The number of hydrogen-bond acceptors (Lipinski definition) is 2. The Labute approximate surface area is 110 Å². The molecule has 1 unspecified atom stereocenters. The fourth-order valence-corrected chi connectivity index (χ4v) is 3.66. The van der Waals surface area contributed by atoms with Gasteiger partial charge < -0.3 is 9.88 Å². The van der Waals surface area contributed by atoms with Crippen LogP contribution in [0.25, 0.3) is 0 Å². The molecule has 1 saturated carbocycles. The van der Waals surface area contributed by atoms with Crippen LogP contribution >= 0.6 is 0 Å². The van der Waals surface area contributed by atoms with E-state index in [2.05, 4.69) is 34.3 Å². The Morgan fingerprint density at radius 2 is 2.11 bits per heavy atom. The van der Waals surface area contributed by atoms with E-state index in [1.54, 1.807) is 0 Å². The summed E-state index contributed by atoms with van der Waals surface area (Å²) >= 11 is 0. The van der Waals surface area contributed by atoms with E-state index in [1.807, 2.05) is 0 Å². The molecule has 0 amide bonds. The van der Waals surface area contributed by atoms with Crippen molar-refractivity contribution in [3.05, 3.63) is 18.2 Å². The molecular formula is C15H25N3. The van der Waals surface area contributed by atoms with Crippen molar-refractivity contribution in [2.45, 2.75) is 64.0 Å². The Hall–Kier alpha value is -0.830. The molecule has 2 aliphatic rings. The number of aromatic nitrogens is 2. The second kappa shape index (κ2) is 5.43. The van der Waals surface area contributed by atoms with Crippen LogP contribution in [0.3, 0.4) is 0 Å². The van der Waals surface area contributed by atoms with Gasteiger partial charge in [0.2, 0.25) is 0 Å². The van der Waals surface area contributed by atoms with Gasteiger partial charge in [-0.1, -0.05) is 13.3 Å². The molecule has 1 N–H and O–H groups in total. The standard InChI is InChI=1S/C15H25N3/c1-2-12-5-7-13(8-6-12)18-11-16-10-15(18)14-4-3-9-17-14/h10-14,17H,2-9H2,1H3. The van der Waals surface area contributed by atoms with E-state index in [4.69, 9.17) is 0 Å². The van der Waals surface area contributed by atoms with Gasteiger partial charge in [0.05, 0.1) is 12.0 Å². The molecule has 1 aromatic heterocycles. The molecule has 18 heavy (non-hydrogen) atoms. The Kier molecular flexibility index (Phi) is 3.69. The molecule has 2 fully saturated rings. The highest BCUT2D eigenvalue weighted by Crippen LogP contribution is 2.36. The molecule has 2 heterocycles. The smallest absolute Gasteiger partial charge is 0.0951 e. The Balaban J connectivity index is 1.71. The van der Waals surface area contributed by atoms with E-state index in [0.717, 1.165) is 5.92 Å². The van der Waals surface area contributed by atoms with Crippen LogP contribution in [0.2, 0.25) is 0 Å². The number of nitrogens with zero attached hydrogens (tertiary/aromatic N) is 2. The van der Waals surface area contributed by atoms with Crippen molar-refractivity contribution >= 4 is 0 Å². The molecule has 100 valence electrons. The molecule has 1 aliphatic carbocycles. The average Bonchev–Trinajstić information content (AvgIpc) is 3.09. The van der Waals surface area contributed by atoms with E-state index in [-0.39, 0.29) is 0 Å². The Morgan fingerprint density at radius 3 is 2.78 bits per heavy atom. The normalized spacial score (nSPS) is 32.8. The van der Waals surface area contributed by atoms with Gasteiger partial charge in [0, 0.05) is 18.3 Å². The number of imidazole rings is 1. The summed E-state index contributed by atoms with van der Waals surface area (Å²) in [5.74, 6) is 0.970. The fourth-order valence-electron chi connectivity index (χ4n) is 3.66. The van der Waals surface area contributed by atoms with Crippen molar-refractivity contribution in [2.75, 3.05) is 6.54 Å². The minimum atomic E-state index is 0.552. The summed E-state index contributed by atoms with van der Waals surface area (Å²) in [5, 5.41) is 3.60. The lowest BCUT2D eigenvalue weighted by molar-refractivity contribution is 0.263. The van der Waals surface area contributed by atoms with Gasteiger partial charge in [-0.05, 0) is 51.0 Å². The molecule has 1 aromatic rings. The molecule has 3 heteroatoms. The predicted octanol–water partition coefficient (Wildman–Crippen LogP) is 3.45. The van der Waals surface area contributed by atoms with Gasteiger partial charge in [0.1, 0.15) is 0 Å². The molecule has 1 atom stereocenters. The van der Waals surface area contributed by atoms with Crippen LogP contribution in [0.15, 0.2) is 12.5 Å². The maximum absolute atomic E-state index is 4.40. The molecule has 1 saturated heterocycles. The van der Waals surface area contributed by atoms with Gasteiger partial charge in [-0.3, -0.25) is 0 Å². The summed E-state index contributed by atoms with van der Waals surface area (Å²) < 4.78 is 2.47. The van der Waals surface area contributed by atoms with Gasteiger partial charge in [-0.25, -0.2) is 4.98 Å². The maximum Gasteiger partial charge on any atom is 0.0951 e. The second-order valence-electron chi connectivity index (χ2n) is 5.96. The lowest BCUT2D eigenvalue weighted by Gasteiger charge is -2.30. The second-order valence-corrected chi connectivity index (χ2v) is 5.96. The van der Waals surface area contributed by atoms with E-state index < -0.39 is 0 Å². The molecule has 0 spiro atoms. The third kappa shape index (κ3) is 2.33. The van der Waals surface area contributed by atoms with Crippen molar-refractivity contribution in [2.24, 2.45) is 5.92 Å². The highest BCUT2D eigenvalue weighted by atomic mass is 15.1. The quantitative estimate of drug-likeness (QED) is 0.886. The van der Waals surface area contributed by atoms with Crippen molar-refractivity contribution in [1.82, 2.24) is 14.9 Å². The van der Waals surface area contributed by atoms with Crippen LogP contribution in [0.4, 0.5) is 0 Å². The van der Waals surface area contributed by atoms with E-state index in [9.17, 15) is 0 Å². The highest BCUT2D eigenvalue weighted by molar-refractivity contribution is 5.09. The molecule has 1 aliphatic heterocycles. The van der Waals surface area contributed by atoms with Crippen molar-refractivity contribution in [3.63, 3.8) is 0 Å². The van der Waals surface area contributed by atoms with Gasteiger partial charge in [-0.15, -0.1) is 0 Å². The average molecular weight is 247 g/mol. The van der Waals surface area contributed by atoms with Gasteiger partial charge in [0.25, 0.3) is 0 Å². The molecule has 3 nitrogen and oxygen atoms in total. The third-order valence-corrected chi connectivity index (χ3v) is 4.90. The van der Waals surface area contributed by atoms with E-state index in [1.165, 1.54) is 57.2 Å². The van der Waals surface area contributed by atoms with Crippen LogP contribution in [0, 0.1) is 5.92 Å². The minimum Gasteiger partial charge on any atom is -0.330 e. The maximum atomic E-state index is 4.40. The molecular weight excluding hydrogens is 222 g/mol. The van der Waals surface area contributed by atoms with Crippen LogP contribution in [-0.4, -0.2) is 16.1 Å². The monoisotopic (exact) mass is 247 g/mol. The number of rotatable bonds is 3. The topological polar surface area (TPSA) is 29.9 Å². The lowest BCUT2D eigenvalue weighted by Crippen LogP contribution is -2.22. The number of hydrogen-bond donors (Lipinski definition) is 1. The van der Waals surface area contributed by atoms with Gasteiger partial charge in [0.15, 0.2) is 0 Å². The zero-order valence-electron chi connectivity index (χ0n) is 11.4. The lowest BCUT2D eigenvalue weighted by atomic mass is 9.84. The van der Waals surface area contributed by atoms with Crippen LogP contribution in [-0.2, 0) is 0 Å². The van der Waals surface area contributed by atoms with Gasteiger partial charge in [-0.2, -0.15) is 0 Å². The van der Waals surface area contributed by atoms with Crippen molar-refractivity contribution in [1.29, 1.82) is 0 Å². The zero-order chi connectivity index (χ0) is 12.4. The van der Waals surface area contributed by atoms with Crippen LogP contribution in [0.1, 0.15) is 69.6 Å². The van der Waals surface area contributed by atoms with Crippen molar-refractivity contribution in [3.8, 4) is 0 Å². The Morgan fingerprint density at radius 1 is 1.28 bits per heavy atom. The first-order chi connectivity index (χ1) is 8.88. The molecule has 0 bridgehead atoms. The highest BCUT2D eigenvalue weighted by Gasteiger charge is 2.26. The minimum absolute atomic E-state index is 0.552. The molecule has 3 rings (SSSR count). The first kappa shape index (κ1) is 12.2. The molecule has 0 radical (unpaired) electrons. The van der Waals surface area contributed by atoms with E-state index in [0.29, 0.717) is 12.1 Å². The fraction of sp³-hybridized carbons (Fsp3) is 0.800. The van der Waals surface area contributed by atoms with Gasteiger partial charge >= 0.3 is 0 Å². The summed E-state index contributed by atoms with van der Waals surface area (Å²) in [5.41, 5.74) is 1.42. The third-order valence-electron chi connectivity index (χ3n) is 4.90. The first-order valence-electron chi connectivity index (χ1n) is 7.63. The molecule has 0 aromatic carbocycles.